The zero-order valence-corrected chi connectivity index (χ0v) is 17.8. The van der Waals surface area contributed by atoms with Gasteiger partial charge in [0.2, 0.25) is 5.91 Å². The standard InChI is InChI=1S/C21H30F3N5O2/c1-15(30)28-8-2-7-20(31,13-28)12-27-9-5-17(6-10-27)29(16-3-4-16)19-11-18(21(22,23)24)25-14-26-19/h11,14,16-17,31H,2-10,12-13H2,1H3. The lowest BCUT2D eigenvalue weighted by Gasteiger charge is -2.44. The molecule has 172 valence electrons. The second-order valence-corrected chi connectivity index (χ2v) is 9.17. The highest BCUT2D eigenvalue weighted by atomic mass is 19.4. The first-order valence-corrected chi connectivity index (χ1v) is 11.0. The van der Waals surface area contributed by atoms with Crippen molar-refractivity contribution in [3.63, 3.8) is 0 Å². The Hall–Kier alpha value is -1.94. The number of carbonyl (C=O) groups is 1. The number of amides is 1. The third-order valence-corrected chi connectivity index (χ3v) is 6.62. The molecule has 1 N–H and O–H groups in total. The number of alkyl halides is 3. The molecule has 31 heavy (non-hydrogen) atoms. The van der Waals surface area contributed by atoms with Crippen LogP contribution in [0.1, 0.15) is 51.1 Å². The van der Waals surface area contributed by atoms with Gasteiger partial charge in [-0.2, -0.15) is 13.2 Å². The van der Waals surface area contributed by atoms with E-state index < -0.39 is 17.5 Å². The fourth-order valence-electron chi connectivity index (χ4n) is 4.95. The van der Waals surface area contributed by atoms with Gasteiger partial charge in [0.25, 0.3) is 0 Å². The van der Waals surface area contributed by atoms with Crippen LogP contribution in [-0.2, 0) is 11.0 Å². The summed E-state index contributed by atoms with van der Waals surface area (Å²) in [6, 6.07) is 1.42. The van der Waals surface area contributed by atoms with E-state index in [2.05, 4.69) is 19.8 Å². The van der Waals surface area contributed by atoms with E-state index in [4.69, 9.17) is 0 Å². The normalized spacial score (nSPS) is 26.2. The van der Waals surface area contributed by atoms with Gasteiger partial charge in [0, 0.05) is 51.3 Å². The molecule has 1 saturated carbocycles. The number of aromatic nitrogens is 2. The molecular formula is C21H30F3N5O2. The number of β-amino-alcohol motifs (C(OH)–C–C–N with tert-alkyl or cyclic N) is 1. The summed E-state index contributed by atoms with van der Waals surface area (Å²) >= 11 is 0. The number of hydrogen-bond donors (Lipinski definition) is 1. The zero-order chi connectivity index (χ0) is 22.2. The van der Waals surface area contributed by atoms with Crippen molar-refractivity contribution >= 4 is 11.7 Å². The summed E-state index contributed by atoms with van der Waals surface area (Å²) in [7, 11) is 0. The highest BCUT2D eigenvalue weighted by molar-refractivity contribution is 5.73. The Balaban J connectivity index is 1.39. The first kappa shape index (κ1) is 22.3. The Morgan fingerprint density at radius 1 is 1.19 bits per heavy atom. The van der Waals surface area contributed by atoms with Gasteiger partial charge in [0.05, 0.1) is 12.1 Å². The molecule has 1 aromatic heterocycles. The number of nitrogens with zero attached hydrogens (tertiary/aromatic N) is 5. The molecule has 3 heterocycles. The van der Waals surface area contributed by atoms with Crippen LogP contribution in [0.4, 0.5) is 19.0 Å². The average molecular weight is 441 g/mol. The van der Waals surface area contributed by atoms with Crippen LogP contribution in [0.25, 0.3) is 0 Å². The van der Waals surface area contributed by atoms with E-state index in [1.807, 2.05) is 0 Å². The van der Waals surface area contributed by atoms with E-state index in [-0.39, 0.29) is 18.0 Å². The molecule has 1 amide bonds. The maximum absolute atomic E-state index is 13.1. The van der Waals surface area contributed by atoms with Crippen LogP contribution < -0.4 is 4.90 Å². The molecule has 2 aliphatic heterocycles. The number of aliphatic hydroxyl groups is 1. The minimum atomic E-state index is -4.49. The SMILES string of the molecule is CC(=O)N1CCCC(O)(CN2CCC(N(c3cc(C(F)(F)F)ncn3)C3CC3)CC2)C1. The monoisotopic (exact) mass is 441 g/mol. The Kier molecular flexibility index (Phi) is 6.13. The van der Waals surface area contributed by atoms with Crippen LogP contribution in [0.2, 0.25) is 0 Å². The van der Waals surface area contributed by atoms with Gasteiger partial charge >= 0.3 is 6.18 Å². The number of piperidine rings is 2. The van der Waals surface area contributed by atoms with E-state index in [1.165, 1.54) is 6.92 Å². The molecule has 3 aliphatic rings. The lowest BCUT2D eigenvalue weighted by Crippen LogP contribution is -2.57. The van der Waals surface area contributed by atoms with Crippen LogP contribution in [0.3, 0.4) is 0 Å². The molecule has 0 spiro atoms. The van der Waals surface area contributed by atoms with E-state index in [1.54, 1.807) is 4.90 Å². The number of halogens is 3. The van der Waals surface area contributed by atoms with Crippen molar-refractivity contribution < 1.29 is 23.1 Å². The average Bonchev–Trinajstić information content (AvgIpc) is 3.54. The third kappa shape index (κ3) is 5.28. The lowest BCUT2D eigenvalue weighted by molar-refractivity contribution is -0.141. The minimum Gasteiger partial charge on any atom is -0.387 e. The largest absolute Gasteiger partial charge is 0.433 e. The molecule has 10 heteroatoms. The summed E-state index contributed by atoms with van der Waals surface area (Å²) in [5, 5.41) is 11.0. The van der Waals surface area contributed by atoms with Gasteiger partial charge in [0.15, 0.2) is 0 Å². The molecule has 1 aromatic rings. The summed E-state index contributed by atoms with van der Waals surface area (Å²) in [5.41, 5.74) is -1.81. The quantitative estimate of drug-likeness (QED) is 0.756. The number of hydrogen-bond acceptors (Lipinski definition) is 6. The van der Waals surface area contributed by atoms with E-state index in [0.29, 0.717) is 31.9 Å². The molecule has 0 aromatic carbocycles. The molecule has 0 bridgehead atoms. The van der Waals surface area contributed by atoms with Gasteiger partial charge in [-0.1, -0.05) is 0 Å². The summed E-state index contributed by atoms with van der Waals surface area (Å²) in [4.78, 5) is 25.2. The molecule has 0 radical (unpaired) electrons. The first-order chi connectivity index (χ1) is 14.6. The van der Waals surface area contributed by atoms with E-state index in [9.17, 15) is 23.1 Å². The Labute approximate surface area is 180 Å². The van der Waals surface area contributed by atoms with E-state index in [0.717, 1.165) is 57.6 Å². The van der Waals surface area contributed by atoms with Gasteiger partial charge < -0.3 is 19.8 Å². The molecule has 3 fully saturated rings. The predicted octanol–water partition coefficient (Wildman–Crippen LogP) is 2.30. The molecule has 2 saturated heterocycles. The molecule has 4 rings (SSSR count). The van der Waals surface area contributed by atoms with Crippen molar-refractivity contribution in [2.75, 3.05) is 37.6 Å². The summed E-state index contributed by atoms with van der Waals surface area (Å²) in [5.74, 6) is 0.339. The highest BCUT2D eigenvalue weighted by Crippen LogP contribution is 2.37. The number of carbonyl (C=O) groups excluding carboxylic acids is 1. The molecule has 1 aliphatic carbocycles. The summed E-state index contributed by atoms with van der Waals surface area (Å²) in [6.45, 7) is 4.60. The fourth-order valence-corrected chi connectivity index (χ4v) is 4.95. The molecular weight excluding hydrogens is 411 g/mol. The van der Waals surface area contributed by atoms with Crippen LogP contribution in [0.15, 0.2) is 12.4 Å². The van der Waals surface area contributed by atoms with Gasteiger partial charge in [-0.3, -0.25) is 4.79 Å². The van der Waals surface area contributed by atoms with Gasteiger partial charge in [-0.25, -0.2) is 9.97 Å². The Bertz CT molecular complexity index is 795. The zero-order valence-electron chi connectivity index (χ0n) is 17.8. The number of anilines is 1. The van der Waals surface area contributed by atoms with Crippen molar-refractivity contribution in [2.24, 2.45) is 0 Å². The van der Waals surface area contributed by atoms with Gasteiger partial charge in [-0.15, -0.1) is 0 Å². The maximum atomic E-state index is 13.1. The summed E-state index contributed by atoms with van der Waals surface area (Å²) in [6.07, 6.45) is 1.51. The fraction of sp³-hybridized carbons (Fsp3) is 0.762. The van der Waals surface area contributed by atoms with Crippen LogP contribution >= 0.6 is 0 Å². The summed E-state index contributed by atoms with van der Waals surface area (Å²) < 4.78 is 39.3. The highest BCUT2D eigenvalue weighted by Gasteiger charge is 2.41. The minimum absolute atomic E-state index is 0.0139. The second-order valence-electron chi connectivity index (χ2n) is 9.17. The third-order valence-electron chi connectivity index (χ3n) is 6.62. The van der Waals surface area contributed by atoms with E-state index >= 15 is 0 Å². The molecule has 7 nitrogen and oxygen atoms in total. The van der Waals surface area contributed by atoms with Crippen molar-refractivity contribution in [2.45, 2.75) is 69.3 Å². The Morgan fingerprint density at radius 2 is 1.87 bits per heavy atom. The molecule has 1 atom stereocenters. The first-order valence-electron chi connectivity index (χ1n) is 11.0. The van der Waals surface area contributed by atoms with Gasteiger partial charge in [0.1, 0.15) is 17.8 Å². The lowest BCUT2D eigenvalue weighted by atomic mass is 9.91. The molecule has 1 unspecified atom stereocenters. The van der Waals surface area contributed by atoms with Crippen molar-refractivity contribution in [3.8, 4) is 0 Å². The topological polar surface area (TPSA) is 72.8 Å². The van der Waals surface area contributed by atoms with Crippen LogP contribution in [-0.4, -0.2) is 81.2 Å². The number of likely N-dealkylation sites (tertiary alicyclic amines) is 2. The number of rotatable bonds is 5. The smallest absolute Gasteiger partial charge is 0.387 e. The van der Waals surface area contributed by atoms with Crippen molar-refractivity contribution in [1.29, 1.82) is 0 Å². The Morgan fingerprint density at radius 3 is 2.48 bits per heavy atom. The van der Waals surface area contributed by atoms with Crippen LogP contribution in [0, 0.1) is 0 Å². The van der Waals surface area contributed by atoms with Crippen molar-refractivity contribution in [1.82, 2.24) is 19.8 Å². The van der Waals surface area contributed by atoms with Gasteiger partial charge in [-0.05, 0) is 38.5 Å². The van der Waals surface area contributed by atoms with Crippen LogP contribution in [0.5, 0.6) is 0 Å². The maximum Gasteiger partial charge on any atom is 0.433 e. The van der Waals surface area contributed by atoms with Crippen molar-refractivity contribution in [3.05, 3.63) is 18.1 Å². The predicted molar refractivity (Wildman–Crippen MR) is 108 cm³/mol. The second kappa shape index (κ2) is 8.54.